The number of hydrogen-bond donors (Lipinski definition) is 2. The molecule has 3 aromatic rings. The number of rotatable bonds is 8. The Kier molecular flexibility index (Phi) is 7.16. The number of methoxy groups -OCH3 is 1. The van der Waals surface area contributed by atoms with Gasteiger partial charge in [0.25, 0.3) is 0 Å². The molecule has 0 spiro atoms. The summed E-state index contributed by atoms with van der Waals surface area (Å²) in [6, 6.07) is 10.5. The van der Waals surface area contributed by atoms with Crippen molar-refractivity contribution in [3.05, 3.63) is 59.4 Å². The number of para-hydroxylation sites is 1. The third kappa shape index (κ3) is 5.34. The molecule has 0 bridgehead atoms. The van der Waals surface area contributed by atoms with Crippen molar-refractivity contribution in [2.75, 3.05) is 20.7 Å². The maximum absolute atomic E-state index is 5.14. The van der Waals surface area contributed by atoms with Crippen LogP contribution >= 0.6 is 0 Å². The summed E-state index contributed by atoms with van der Waals surface area (Å²) in [5, 5.41) is 16.2. The van der Waals surface area contributed by atoms with E-state index in [9.17, 15) is 0 Å². The summed E-state index contributed by atoms with van der Waals surface area (Å²) < 4.78 is 9.08. The van der Waals surface area contributed by atoms with Gasteiger partial charge in [0.05, 0.1) is 17.9 Å². The maximum atomic E-state index is 5.14. The summed E-state index contributed by atoms with van der Waals surface area (Å²) in [5.74, 6) is 2.60. The van der Waals surface area contributed by atoms with Crippen LogP contribution in [0.15, 0.2) is 41.5 Å². The molecule has 1 unspecified atom stereocenters. The lowest BCUT2D eigenvalue weighted by atomic mass is 10.1. The molecule has 0 aliphatic carbocycles. The van der Waals surface area contributed by atoms with Crippen molar-refractivity contribution in [3.63, 3.8) is 0 Å². The number of fused-ring (bicyclic) bond motifs is 1. The van der Waals surface area contributed by atoms with Crippen molar-refractivity contribution in [1.29, 1.82) is 0 Å². The molecule has 32 heavy (non-hydrogen) atoms. The molecule has 0 saturated heterocycles. The van der Waals surface area contributed by atoms with Crippen LogP contribution in [0.4, 0.5) is 0 Å². The second-order valence-electron chi connectivity index (χ2n) is 8.06. The molecule has 1 aromatic carbocycles. The molecule has 3 heterocycles. The molecular weight excluding hydrogens is 404 g/mol. The normalized spacial score (nSPS) is 16.1. The number of hydrogen-bond acceptors (Lipinski definition) is 5. The van der Waals surface area contributed by atoms with E-state index in [4.69, 9.17) is 4.74 Å². The molecule has 9 nitrogen and oxygen atoms in total. The first-order valence-electron chi connectivity index (χ1n) is 11.2. The Balaban J connectivity index is 1.24. The first-order chi connectivity index (χ1) is 15.7. The highest BCUT2D eigenvalue weighted by Crippen LogP contribution is 2.14. The van der Waals surface area contributed by atoms with Gasteiger partial charge < -0.3 is 15.4 Å². The molecule has 2 N–H and O–H groups in total. The molecule has 4 rings (SSSR count). The minimum absolute atomic E-state index is 0.275. The molecule has 0 fully saturated rings. The number of guanidine groups is 1. The van der Waals surface area contributed by atoms with Gasteiger partial charge in [0.2, 0.25) is 0 Å². The van der Waals surface area contributed by atoms with E-state index in [1.165, 1.54) is 5.56 Å². The number of nitrogens with one attached hydrogen (secondary N) is 2. The highest BCUT2D eigenvalue weighted by Gasteiger charge is 2.22. The molecule has 1 aliphatic rings. The first kappa shape index (κ1) is 22.0. The van der Waals surface area contributed by atoms with E-state index < -0.39 is 0 Å². The lowest BCUT2D eigenvalue weighted by Gasteiger charge is -2.25. The van der Waals surface area contributed by atoms with Crippen LogP contribution in [0.25, 0.3) is 5.69 Å². The summed E-state index contributed by atoms with van der Waals surface area (Å²) >= 11 is 0. The number of aromatic nitrogens is 5. The zero-order valence-corrected chi connectivity index (χ0v) is 19.1. The quantitative estimate of drug-likeness (QED) is 0.319. The topological polar surface area (TPSA) is 94.2 Å². The van der Waals surface area contributed by atoms with Gasteiger partial charge in [-0.05, 0) is 43.9 Å². The second-order valence-corrected chi connectivity index (χ2v) is 8.06. The molecule has 170 valence electrons. The maximum Gasteiger partial charge on any atom is 0.191 e. The summed E-state index contributed by atoms with van der Waals surface area (Å²) in [4.78, 5) is 8.93. The average molecular weight is 437 g/mol. The van der Waals surface area contributed by atoms with E-state index in [0.717, 1.165) is 67.8 Å². The van der Waals surface area contributed by atoms with E-state index in [0.29, 0.717) is 6.61 Å². The van der Waals surface area contributed by atoms with Gasteiger partial charge in [-0.3, -0.25) is 4.99 Å². The summed E-state index contributed by atoms with van der Waals surface area (Å²) in [6.45, 7) is 4.15. The number of nitrogens with zero attached hydrogens (tertiary/aromatic N) is 6. The van der Waals surface area contributed by atoms with Crippen LogP contribution in [0.5, 0.6) is 0 Å². The van der Waals surface area contributed by atoms with E-state index in [2.05, 4.69) is 56.1 Å². The van der Waals surface area contributed by atoms with Crippen molar-refractivity contribution >= 4 is 5.96 Å². The van der Waals surface area contributed by atoms with Crippen molar-refractivity contribution in [2.24, 2.45) is 4.99 Å². The first-order valence-corrected chi connectivity index (χ1v) is 11.2. The standard InChI is InChI=1S/C23H32N8O/c1-17-18(14-30(28-17)20-9-5-4-6-10-20)8-7-13-25-23(24-2)26-19-11-12-22-27-21(16-32-3)29-31(22)15-19/h4-6,9-10,14,19H,7-8,11-13,15-16H2,1-3H3,(H2,24,25,26). The lowest BCUT2D eigenvalue weighted by molar-refractivity contribution is 0.177. The Morgan fingerprint density at radius 1 is 1.25 bits per heavy atom. The highest BCUT2D eigenvalue weighted by molar-refractivity contribution is 5.79. The molecular formula is C23H32N8O. The van der Waals surface area contributed by atoms with Crippen LogP contribution in [0.2, 0.25) is 0 Å². The molecule has 1 aliphatic heterocycles. The predicted octanol–water partition coefficient (Wildman–Crippen LogP) is 2.03. The Morgan fingerprint density at radius 3 is 2.88 bits per heavy atom. The summed E-state index contributed by atoms with van der Waals surface area (Å²) in [5.41, 5.74) is 3.44. The molecule has 2 aromatic heterocycles. The van der Waals surface area contributed by atoms with Gasteiger partial charge in [0, 0.05) is 39.4 Å². The van der Waals surface area contributed by atoms with Crippen LogP contribution < -0.4 is 10.6 Å². The Bertz CT molecular complexity index is 1040. The zero-order valence-electron chi connectivity index (χ0n) is 19.1. The van der Waals surface area contributed by atoms with E-state index in [1.807, 2.05) is 34.6 Å². The third-order valence-corrected chi connectivity index (χ3v) is 5.68. The smallest absolute Gasteiger partial charge is 0.191 e. The van der Waals surface area contributed by atoms with Gasteiger partial charge in [0.15, 0.2) is 11.8 Å². The third-order valence-electron chi connectivity index (χ3n) is 5.68. The van der Waals surface area contributed by atoms with Crippen LogP contribution in [0.1, 0.15) is 35.7 Å². The van der Waals surface area contributed by atoms with Crippen LogP contribution in [-0.4, -0.2) is 57.2 Å². The van der Waals surface area contributed by atoms with Gasteiger partial charge in [-0.2, -0.15) is 10.2 Å². The number of benzene rings is 1. The monoisotopic (exact) mass is 436 g/mol. The minimum atomic E-state index is 0.275. The fraction of sp³-hybridized carbons (Fsp3) is 0.478. The van der Waals surface area contributed by atoms with Gasteiger partial charge in [0.1, 0.15) is 12.4 Å². The van der Waals surface area contributed by atoms with Crippen molar-refractivity contribution in [1.82, 2.24) is 35.2 Å². The largest absolute Gasteiger partial charge is 0.377 e. The molecule has 0 amide bonds. The van der Waals surface area contributed by atoms with Crippen LogP contribution in [0.3, 0.4) is 0 Å². The number of aryl methyl sites for hydroxylation is 3. The van der Waals surface area contributed by atoms with Gasteiger partial charge in [-0.1, -0.05) is 18.2 Å². The fourth-order valence-electron chi connectivity index (χ4n) is 4.00. The lowest BCUT2D eigenvalue weighted by Crippen LogP contribution is -2.47. The van der Waals surface area contributed by atoms with E-state index in [-0.39, 0.29) is 6.04 Å². The SMILES string of the molecule is CN=C(NCCCc1cn(-c2ccccc2)nc1C)NC1CCc2nc(COC)nn2C1. The van der Waals surface area contributed by atoms with Crippen molar-refractivity contribution in [3.8, 4) is 5.69 Å². The number of aliphatic imine (C=N–C) groups is 1. The molecule has 9 heteroatoms. The minimum Gasteiger partial charge on any atom is -0.377 e. The van der Waals surface area contributed by atoms with Crippen molar-refractivity contribution < 1.29 is 4.74 Å². The second kappa shape index (κ2) is 10.4. The Labute approximate surface area is 188 Å². The molecule has 1 atom stereocenters. The van der Waals surface area contributed by atoms with Gasteiger partial charge in [-0.15, -0.1) is 0 Å². The highest BCUT2D eigenvalue weighted by atomic mass is 16.5. The number of ether oxygens (including phenoxy) is 1. The fourth-order valence-corrected chi connectivity index (χ4v) is 4.00. The summed E-state index contributed by atoms with van der Waals surface area (Å²) in [7, 11) is 3.47. The predicted molar refractivity (Wildman–Crippen MR) is 124 cm³/mol. The van der Waals surface area contributed by atoms with E-state index >= 15 is 0 Å². The zero-order chi connectivity index (χ0) is 22.3. The molecule has 0 saturated carbocycles. The van der Waals surface area contributed by atoms with Crippen molar-refractivity contribution in [2.45, 2.75) is 51.8 Å². The van der Waals surface area contributed by atoms with Crippen LogP contribution in [0, 0.1) is 6.92 Å². The molecule has 0 radical (unpaired) electrons. The van der Waals surface area contributed by atoms with Gasteiger partial charge in [-0.25, -0.2) is 14.3 Å². The summed E-state index contributed by atoms with van der Waals surface area (Å²) in [6.07, 6.45) is 6.00. The van der Waals surface area contributed by atoms with Gasteiger partial charge >= 0.3 is 0 Å². The van der Waals surface area contributed by atoms with E-state index in [1.54, 1.807) is 7.11 Å². The Morgan fingerprint density at radius 2 is 2.09 bits per heavy atom. The van der Waals surface area contributed by atoms with Crippen LogP contribution in [-0.2, 0) is 30.7 Å². The Hall–Kier alpha value is -3.20. The average Bonchev–Trinajstić information content (AvgIpc) is 3.39.